The Morgan fingerprint density at radius 1 is 1.33 bits per heavy atom. The number of ether oxygens (including phenoxy) is 1. The minimum absolute atomic E-state index is 0.00184. The molecular formula is C14H17N3O3S. The van der Waals surface area contributed by atoms with Crippen molar-refractivity contribution >= 4 is 22.7 Å². The first kappa shape index (κ1) is 15.2. The summed E-state index contributed by atoms with van der Waals surface area (Å²) in [4.78, 5) is 14.8. The van der Waals surface area contributed by atoms with Gasteiger partial charge in [-0.1, -0.05) is 0 Å². The summed E-state index contributed by atoms with van der Waals surface area (Å²) >= 11 is 1.54. The molecule has 0 aliphatic carbocycles. The van der Waals surface area contributed by atoms with Crippen molar-refractivity contribution in [3.05, 3.63) is 44.9 Å². The van der Waals surface area contributed by atoms with Crippen molar-refractivity contribution in [1.29, 1.82) is 0 Å². The number of nitrogens with one attached hydrogen (secondary N) is 1. The topological polar surface area (TPSA) is 77.3 Å². The Morgan fingerprint density at radius 2 is 2.10 bits per heavy atom. The van der Waals surface area contributed by atoms with Crippen molar-refractivity contribution < 1.29 is 9.66 Å². The molecule has 0 aliphatic rings. The molecule has 1 aromatic carbocycles. The molecule has 0 aliphatic heterocycles. The van der Waals surface area contributed by atoms with Crippen LogP contribution in [-0.4, -0.2) is 16.0 Å². The van der Waals surface area contributed by atoms with Crippen LogP contribution in [0.5, 0.6) is 5.75 Å². The minimum Gasteiger partial charge on any atom is -0.491 e. The number of aromatic nitrogens is 1. The maximum absolute atomic E-state index is 11.0. The van der Waals surface area contributed by atoms with Crippen LogP contribution in [0, 0.1) is 10.1 Å². The van der Waals surface area contributed by atoms with Gasteiger partial charge in [-0.15, -0.1) is 11.3 Å². The number of hydrogen-bond donors (Lipinski definition) is 1. The fraction of sp³-hybridized carbons (Fsp3) is 0.357. The largest absolute Gasteiger partial charge is 0.491 e. The van der Waals surface area contributed by atoms with Gasteiger partial charge in [-0.05, 0) is 20.8 Å². The van der Waals surface area contributed by atoms with E-state index in [9.17, 15) is 10.1 Å². The second-order valence-electron chi connectivity index (χ2n) is 4.88. The number of anilines is 1. The SMILES string of the molecule is CC(C)Oc1cc(NC(C)c2nccs2)cc([N+](=O)[O-])c1. The van der Waals surface area contributed by atoms with Crippen LogP contribution in [-0.2, 0) is 0 Å². The highest BCUT2D eigenvalue weighted by Crippen LogP contribution is 2.29. The van der Waals surface area contributed by atoms with Gasteiger partial charge >= 0.3 is 0 Å². The van der Waals surface area contributed by atoms with Gasteiger partial charge in [0, 0.05) is 29.4 Å². The number of nitro groups is 1. The molecule has 0 fully saturated rings. The van der Waals surface area contributed by atoms with Crippen LogP contribution in [0.25, 0.3) is 0 Å². The molecule has 2 rings (SSSR count). The van der Waals surface area contributed by atoms with E-state index in [1.54, 1.807) is 12.3 Å². The summed E-state index contributed by atoms with van der Waals surface area (Å²) in [5, 5.41) is 17.1. The number of non-ortho nitro benzene ring substituents is 1. The van der Waals surface area contributed by atoms with E-state index in [1.165, 1.54) is 23.5 Å². The lowest BCUT2D eigenvalue weighted by atomic mass is 10.2. The highest BCUT2D eigenvalue weighted by atomic mass is 32.1. The average Bonchev–Trinajstić information content (AvgIpc) is 2.91. The molecule has 0 radical (unpaired) electrons. The number of nitrogens with zero attached hydrogens (tertiary/aromatic N) is 2. The molecule has 1 atom stereocenters. The van der Waals surface area contributed by atoms with Crippen LogP contribution < -0.4 is 10.1 Å². The van der Waals surface area contributed by atoms with Gasteiger partial charge < -0.3 is 10.1 Å². The van der Waals surface area contributed by atoms with Gasteiger partial charge in [-0.2, -0.15) is 0 Å². The Hall–Kier alpha value is -2.15. The molecule has 112 valence electrons. The highest BCUT2D eigenvalue weighted by molar-refractivity contribution is 7.09. The lowest BCUT2D eigenvalue weighted by Gasteiger charge is -2.15. The first-order valence-corrected chi connectivity index (χ1v) is 7.45. The normalized spacial score (nSPS) is 12.2. The smallest absolute Gasteiger partial charge is 0.275 e. The molecular weight excluding hydrogens is 290 g/mol. The number of benzene rings is 1. The maximum atomic E-state index is 11.0. The molecule has 2 aromatic rings. The molecule has 0 amide bonds. The van der Waals surface area contributed by atoms with Crippen LogP contribution in [0.3, 0.4) is 0 Å². The molecule has 21 heavy (non-hydrogen) atoms. The van der Waals surface area contributed by atoms with Crippen LogP contribution in [0.1, 0.15) is 31.8 Å². The third kappa shape index (κ3) is 4.16. The van der Waals surface area contributed by atoms with E-state index < -0.39 is 4.92 Å². The second-order valence-corrected chi connectivity index (χ2v) is 5.80. The lowest BCUT2D eigenvalue weighted by molar-refractivity contribution is -0.384. The van der Waals surface area contributed by atoms with E-state index in [4.69, 9.17) is 4.74 Å². The van der Waals surface area contributed by atoms with E-state index in [1.807, 2.05) is 26.2 Å². The molecule has 7 heteroatoms. The Kier molecular flexibility index (Phi) is 4.74. The van der Waals surface area contributed by atoms with Crippen molar-refractivity contribution in [3.63, 3.8) is 0 Å². The monoisotopic (exact) mass is 307 g/mol. The van der Waals surface area contributed by atoms with E-state index in [0.29, 0.717) is 11.4 Å². The zero-order valence-corrected chi connectivity index (χ0v) is 12.9. The molecule has 0 saturated heterocycles. The fourth-order valence-corrected chi connectivity index (χ4v) is 2.52. The lowest BCUT2D eigenvalue weighted by Crippen LogP contribution is -2.09. The van der Waals surface area contributed by atoms with Gasteiger partial charge in [0.1, 0.15) is 10.8 Å². The molecule has 0 bridgehead atoms. The van der Waals surface area contributed by atoms with Gasteiger partial charge in [-0.3, -0.25) is 10.1 Å². The van der Waals surface area contributed by atoms with Crippen molar-refractivity contribution in [2.45, 2.75) is 32.9 Å². The second kappa shape index (κ2) is 6.53. The predicted octanol–water partition coefficient (Wildman–Crippen LogP) is 4.01. The summed E-state index contributed by atoms with van der Waals surface area (Å²) in [6.45, 7) is 5.72. The summed E-state index contributed by atoms with van der Waals surface area (Å²) in [6, 6.07) is 4.66. The van der Waals surface area contributed by atoms with Crippen LogP contribution in [0.4, 0.5) is 11.4 Å². The van der Waals surface area contributed by atoms with Crippen molar-refractivity contribution in [2.75, 3.05) is 5.32 Å². The zero-order valence-electron chi connectivity index (χ0n) is 12.1. The number of thiazole rings is 1. The maximum Gasteiger partial charge on any atom is 0.275 e. The Morgan fingerprint density at radius 3 is 2.67 bits per heavy atom. The Bertz CT molecular complexity index is 614. The summed E-state index contributed by atoms with van der Waals surface area (Å²) < 4.78 is 5.56. The molecule has 0 spiro atoms. The first-order valence-electron chi connectivity index (χ1n) is 6.57. The molecule has 1 N–H and O–H groups in total. The van der Waals surface area contributed by atoms with Gasteiger partial charge in [0.05, 0.1) is 23.1 Å². The molecule has 6 nitrogen and oxygen atoms in total. The minimum atomic E-state index is -0.424. The van der Waals surface area contributed by atoms with Crippen molar-refractivity contribution in [1.82, 2.24) is 4.98 Å². The predicted molar refractivity (Wildman–Crippen MR) is 83.0 cm³/mol. The van der Waals surface area contributed by atoms with Gasteiger partial charge in [0.25, 0.3) is 5.69 Å². The molecule has 1 aromatic heterocycles. The summed E-state index contributed by atoms with van der Waals surface area (Å²) in [6.07, 6.45) is 1.69. The van der Waals surface area contributed by atoms with E-state index in [-0.39, 0.29) is 17.8 Å². The summed E-state index contributed by atoms with van der Waals surface area (Å²) in [7, 11) is 0. The van der Waals surface area contributed by atoms with E-state index >= 15 is 0 Å². The standard InChI is InChI=1S/C14H17N3O3S/c1-9(2)20-13-7-11(6-12(8-13)17(18)19)16-10(3)14-15-4-5-21-14/h4-10,16H,1-3H3. The Balaban J connectivity index is 2.25. The highest BCUT2D eigenvalue weighted by Gasteiger charge is 2.14. The van der Waals surface area contributed by atoms with Gasteiger partial charge in [-0.25, -0.2) is 4.98 Å². The van der Waals surface area contributed by atoms with Gasteiger partial charge in [0.15, 0.2) is 0 Å². The third-order valence-corrected chi connectivity index (χ3v) is 3.64. The van der Waals surface area contributed by atoms with Gasteiger partial charge in [0.2, 0.25) is 0 Å². The summed E-state index contributed by atoms with van der Waals surface area (Å²) in [5.74, 6) is 0.480. The van der Waals surface area contributed by atoms with Crippen LogP contribution in [0.2, 0.25) is 0 Å². The van der Waals surface area contributed by atoms with Crippen molar-refractivity contribution in [3.8, 4) is 5.75 Å². The molecule has 0 saturated carbocycles. The number of nitro benzene ring substituents is 1. The molecule has 1 unspecified atom stereocenters. The van der Waals surface area contributed by atoms with Crippen LogP contribution in [0.15, 0.2) is 29.8 Å². The number of rotatable bonds is 6. The third-order valence-electron chi connectivity index (χ3n) is 2.68. The molecule has 1 heterocycles. The van der Waals surface area contributed by atoms with Crippen molar-refractivity contribution in [2.24, 2.45) is 0 Å². The first-order chi connectivity index (χ1) is 9.95. The zero-order chi connectivity index (χ0) is 15.4. The quantitative estimate of drug-likeness (QED) is 0.644. The van der Waals surface area contributed by atoms with E-state index in [2.05, 4.69) is 10.3 Å². The fourth-order valence-electron chi connectivity index (χ4n) is 1.87. The Labute approximate surface area is 126 Å². The average molecular weight is 307 g/mol. The van der Waals surface area contributed by atoms with Crippen LogP contribution >= 0.6 is 11.3 Å². The number of hydrogen-bond acceptors (Lipinski definition) is 6. The van der Waals surface area contributed by atoms with E-state index in [0.717, 1.165) is 5.01 Å². The summed E-state index contributed by atoms with van der Waals surface area (Å²) in [5.41, 5.74) is 0.643.